The first-order chi connectivity index (χ1) is 13.8. The van der Waals surface area contributed by atoms with Gasteiger partial charge in [0.15, 0.2) is 9.84 Å². The first kappa shape index (κ1) is 24.6. The highest BCUT2D eigenvalue weighted by Crippen LogP contribution is 2.26. The van der Waals surface area contributed by atoms with E-state index in [1.807, 2.05) is 0 Å². The van der Waals surface area contributed by atoms with E-state index in [1.165, 1.54) is 33.5 Å². The summed E-state index contributed by atoms with van der Waals surface area (Å²) in [5.74, 6) is 0. The van der Waals surface area contributed by atoms with Gasteiger partial charge in [-0.15, -0.1) is 0 Å². The van der Waals surface area contributed by atoms with E-state index in [0.29, 0.717) is 32.5 Å². The van der Waals surface area contributed by atoms with E-state index in [4.69, 9.17) is 4.74 Å². The zero-order chi connectivity index (χ0) is 22.7. The Labute approximate surface area is 180 Å². The van der Waals surface area contributed by atoms with Crippen molar-refractivity contribution < 1.29 is 26.4 Å². The van der Waals surface area contributed by atoms with Gasteiger partial charge in [-0.3, -0.25) is 0 Å². The Bertz CT molecular complexity index is 946. The van der Waals surface area contributed by atoms with Crippen LogP contribution in [0.1, 0.15) is 47.5 Å². The highest BCUT2D eigenvalue weighted by Gasteiger charge is 2.35. The molecular formula is C20H32N2O6S2. The lowest BCUT2D eigenvalue weighted by molar-refractivity contribution is 0.0219. The van der Waals surface area contributed by atoms with Crippen molar-refractivity contribution >= 4 is 26.0 Å². The Morgan fingerprint density at radius 1 is 1.07 bits per heavy atom. The average molecular weight is 461 g/mol. The highest BCUT2D eigenvalue weighted by atomic mass is 32.2. The molecule has 10 heteroatoms. The number of ether oxygens (including phenoxy) is 1. The number of piperidine rings is 1. The molecule has 0 saturated carbocycles. The summed E-state index contributed by atoms with van der Waals surface area (Å²) in [4.78, 5) is 13.9. The van der Waals surface area contributed by atoms with Gasteiger partial charge >= 0.3 is 6.09 Å². The topological polar surface area (TPSA) is 101 Å². The molecule has 1 fully saturated rings. The monoisotopic (exact) mass is 460 g/mol. The Morgan fingerprint density at radius 3 is 2.10 bits per heavy atom. The van der Waals surface area contributed by atoms with Crippen LogP contribution in [0.2, 0.25) is 0 Å². The smallest absolute Gasteiger partial charge is 0.410 e. The summed E-state index contributed by atoms with van der Waals surface area (Å²) in [6.07, 6.45) is 0.460. The molecule has 1 aromatic rings. The van der Waals surface area contributed by atoms with E-state index in [9.17, 15) is 21.6 Å². The van der Waals surface area contributed by atoms with Crippen LogP contribution >= 0.6 is 0 Å². The van der Waals surface area contributed by atoms with Gasteiger partial charge < -0.3 is 9.64 Å². The van der Waals surface area contributed by atoms with E-state index < -0.39 is 36.8 Å². The number of hydrogen-bond donors (Lipinski definition) is 0. The average Bonchev–Trinajstić information content (AvgIpc) is 2.67. The van der Waals surface area contributed by atoms with Gasteiger partial charge in [-0.05, 0) is 57.9 Å². The second-order valence-corrected chi connectivity index (χ2v) is 12.5. The summed E-state index contributed by atoms with van der Waals surface area (Å²) >= 11 is 0. The molecule has 8 nitrogen and oxygen atoms in total. The third kappa shape index (κ3) is 5.53. The van der Waals surface area contributed by atoms with Gasteiger partial charge in [-0.2, -0.15) is 4.31 Å². The largest absolute Gasteiger partial charge is 0.444 e. The summed E-state index contributed by atoms with van der Waals surface area (Å²) < 4.78 is 58.1. The number of likely N-dealkylation sites (tertiary alicyclic amines) is 1. The van der Waals surface area contributed by atoms with Crippen molar-refractivity contribution in [2.45, 2.75) is 68.1 Å². The van der Waals surface area contributed by atoms with Crippen LogP contribution in [0.3, 0.4) is 0 Å². The SMILES string of the molecule is CCN(CC)S(=O)(=O)c1ccc(S(=O)(=O)[C@@H]2CCCN(C(=O)OC(C)(C)C)C2)cc1. The second-order valence-electron chi connectivity index (χ2n) is 8.30. The minimum absolute atomic E-state index is 0.0523. The molecule has 0 aliphatic carbocycles. The predicted molar refractivity (Wildman–Crippen MR) is 115 cm³/mol. The van der Waals surface area contributed by atoms with Gasteiger partial charge in [-0.25, -0.2) is 21.6 Å². The van der Waals surface area contributed by atoms with Crippen LogP contribution in [0.4, 0.5) is 4.79 Å². The summed E-state index contributed by atoms with van der Waals surface area (Å²) in [5.41, 5.74) is -0.658. The van der Waals surface area contributed by atoms with Crippen LogP contribution in [0.25, 0.3) is 0 Å². The van der Waals surface area contributed by atoms with Gasteiger partial charge in [0.2, 0.25) is 10.0 Å². The van der Waals surface area contributed by atoms with Crippen molar-refractivity contribution in [1.82, 2.24) is 9.21 Å². The molecule has 1 aliphatic rings. The van der Waals surface area contributed by atoms with Crippen LogP contribution in [-0.4, -0.2) is 69.2 Å². The van der Waals surface area contributed by atoms with Crippen LogP contribution in [-0.2, 0) is 24.6 Å². The van der Waals surface area contributed by atoms with Crippen molar-refractivity contribution in [3.8, 4) is 0 Å². The maximum Gasteiger partial charge on any atom is 0.410 e. The number of benzene rings is 1. The summed E-state index contributed by atoms with van der Waals surface area (Å²) in [5, 5.41) is -0.760. The van der Waals surface area contributed by atoms with Crippen molar-refractivity contribution in [2.24, 2.45) is 0 Å². The summed E-state index contributed by atoms with van der Waals surface area (Å²) in [6.45, 7) is 9.95. The molecule has 1 heterocycles. The number of amides is 1. The molecule has 1 aliphatic heterocycles. The van der Waals surface area contributed by atoms with Crippen LogP contribution in [0.15, 0.2) is 34.1 Å². The Balaban J connectivity index is 2.22. The van der Waals surface area contributed by atoms with E-state index >= 15 is 0 Å². The molecule has 1 atom stereocenters. The quantitative estimate of drug-likeness (QED) is 0.647. The number of carbonyl (C=O) groups is 1. The Kier molecular flexibility index (Phi) is 7.58. The molecule has 2 rings (SSSR count). The molecule has 1 aromatic carbocycles. The number of hydrogen-bond acceptors (Lipinski definition) is 6. The van der Waals surface area contributed by atoms with E-state index in [1.54, 1.807) is 34.6 Å². The molecular weight excluding hydrogens is 428 g/mol. The second kappa shape index (κ2) is 9.23. The van der Waals surface area contributed by atoms with Crippen LogP contribution in [0, 0.1) is 0 Å². The molecule has 1 saturated heterocycles. The van der Waals surface area contributed by atoms with E-state index in [0.717, 1.165) is 0 Å². The Hall–Kier alpha value is -1.65. The van der Waals surface area contributed by atoms with Crippen molar-refractivity contribution in [3.63, 3.8) is 0 Å². The lowest BCUT2D eigenvalue weighted by Gasteiger charge is -2.33. The molecule has 30 heavy (non-hydrogen) atoms. The predicted octanol–water partition coefficient (Wildman–Crippen LogP) is 2.89. The number of carbonyl (C=O) groups excluding carboxylic acids is 1. The lowest BCUT2D eigenvalue weighted by Crippen LogP contribution is -2.47. The fraction of sp³-hybridized carbons (Fsp3) is 0.650. The first-order valence-corrected chi connectivity index (χ1v) is 13.1. The number of nitrogens with zero attached hydrogens (tertiary/aromatic N) is 2. The van der Waals surface area contributed by atoms with Gasteiger partial charge in [0, 0.05) is 26.2 Å². The number of sulfonamides is 1. The summed E-state index contributed by atoms with van der Waals surface area (Å²) in [6, 6.07) is 5.32. The van der Waals surface area contributed by atoms with E-state index in [2.05, 4.69) is 0 Å². The molecule has 0 bridgehead atoms. The van der Waals surface area contributed by atoms with Crippen molar-refractivity contribution in [2.75, 3.05) is 26.2 Å². The fourth-order valence-corrected chi connectivity index (χ4v) is 6.60. The zero-order valence-electron chi connectivity index (χ0n) is 18.3. The van der Waals surface area contributed by atoms with Gasteiger partial charge in [0.1, 0.15) is 5.60 Å². The molecule has 0 spiro atoms. The van der Waals surface area contributed by atoms with Gasteiger partial charge in [0.05, 0.1) is 15.0 Å². The molecule has 0 aromatic heterocycles. The number of sulfone groups is 1. The molecule has 0 radical (unpaired) electrons. The number of rotatable bonds is 6. The normalized spacial score (nSPS) is 18.5. The third-order valence-electron chi connectivity index (χ3n) is 4.96. The van der Waals surface area contributed by atoms with Crippen molar-refractivity contribution in [1.29, 1.82) is 0 Å². The van der Waals surface area contributed by atoms with Gasteiger partial charge in [-0.1, -0.05) is 13.8 Å². The van der Waals surface area contributed by atoms with Gasteiger partial charge in [0.25, 0.3) is 0 Å². The van der Waals surface area contributed by atoms with Crippen molar-refractivity contribution in [3.05, 3.63) is 24.3 Å². The van der Waals surface area contributed by atoms with Crippen LogP contribution < -0.4 is 0 Å². The minimum atomic E-state index is -3.72. The lowest BCUT2D eigenvalue weighted by atomic mass is 10.1. The molecule has 1 amide bonds. The fourth-order valence-electron chi connectivity index (χ4n) is 3.39. The Morgan fingerprint density at radius 2 is 1.60 bits per heavy atom. The third-order valence-corrected chi connectivity index (χ3v) is 9.22. The maximum atomic E-state index is 13.1. The minimum Gasteiger partial charge on any atom is -0.444 e. The zero-order valence-corrected chi connectivity index (χ0v) is 19.9. The highest BCUT2D eigenvalue weighted by molar-refractivity contribution is 7.92. The van der Waals surface area contributed by atoms with Crippen LogP contribution in [0.5, 0.6) is 0 Å². The standard InChI is InChI=1S/C20H32N2O6S2/c1-6-22(7-2)30(26,27)17-12-10-16(11-13-17)29(24,25)18-9-8-14-21(15-18)19(23)28-20(3,4)5/h10-13,18H,6-9,14-15H2,1-5H3/t18-/m1/s1. The van der Waals surface area contributed by atoms with E-state index in [-0.39, 0.29) is 16.3 Å². The maximum absolute atomic E-state index is 13.1. The molecule has 170 valence electrons. The first-order valence-electron chi connectivity index (χ1n) is 10.1. The molecule has 0 N–H and O–H groups in total. The molecule has 0 unspecified atom stereocenters. The summed E-state index contributed by atoms with van der Waals surface area (Å²) in [7, 11) is -7.38.